The molecule has 6 nitrogen and oxygen atoms in total. The third-order valence-corrected chi connectivity index (χ3v) is 3.09. The molecule has 3 N–H and O–H groups in total. The number of amides is 1. The highest BCUT2D eigenvalue weighted by atomic mass is 16.2. The SMILES string of the molecule is CC(C)CCC(C)NC(=O)Cn1cc(C(C)(C)N)nn1. The zero-order valence-electron chi connectivity index (χ0n) is 13.2. The van der Waals surface area contributed by atoms with Crippen LogP contribution in [0, 0.1) is 5.92 Å². The van der Waals surface area contributed by atoms with E-state index in [2.05, 4.69) is 29.5 Å². The first-order valence-corrected chi connectivity index (χ1v) is 7.17. The van der Waals surface area contributed by atoms with E-state index in [0.29, 0.717) is 11.6 Å². The molecule has 0 radical (unpaired) electrons. The molecule has 0 aliphatic carbocycles. The van der Waals surface area contributed by atoms with E-state index in [9.17, 15) is 4.79 Å². The average Bonchev–Trinajstić information content (AvgIpc) is 2.74. The summed E-state index contributed by atoms with van der Waals surface area (Å²) < 4.78 is 1.52. The summed E-state index contributed by atoms with van der Waals surface area (Å²) in [6.07, 6.45) is 3.82. The summed E-state index contributed by atoms with van der Waals surface area (Å²) in [5, 5.41) is 10.9. The average molecular weight is 281 g/mol. The van der Waals surface area contributed by atoms with Gasteiger partial charge in [0.1, 0.15) is 12.2 Å². The van der Waals surface area contributed by atoms with Crippen LogP contribution in [-0.4, -0.2) is 26.9 Å². The number of nitrogens with one attached hydrogen (secondary N) is 1. The van der Waals surface area contributed by atoms with Crippen molar-refractivity contribution in [1.29, 1.82) is 0 Å². The van der Waals surface area contributed by atoms with Crippen molar-refractivity contribution in [2.45, 2.75) is 65.6 Å². The van der Waals surface area contributed by atoms with E-state index in [-0.39, 0.29) is 18.5 Å². The van der Waals surface area contributed by atoms with Gasteiger partial charge in [0.05, 0.1) is 11.7 Å². The van der Waals surface area contributed by atoms with Crippen LogP contribution >= 0.6 is 0 Å². The molecule has 0 spiro atoms. The molecule has 20 heavy (non-hydrogen) atoms. The lowest BCUT2D eigenvalue weighted by Gasteiger charge is -2.15. The van der Waals surface area contributed by atoms with Crippen LogP contribution in [0.5, 0.6) is 0 Å². The van der Waals surface area contributed by atoms with Crippen LogP contribution in [0.25, 0.3) is 0 Å². The summed E-state index contributed by atoms with van der Waals surface area (Å²) in [4.78, 5) is 11.9. The number of nitrogens with two attached hydrogens (primary N) is 1. The van der Waals surface area contributed by atoms with Gasteiger partial charge in [-0.2, -0.15) is 0 Å². The van der Waals surface area contributed by atoms with Crippen LogP contribution in [0.4, 0.5) is 0 Å². The Morgan fingerprint density at radius 3 is 2.55 bits per heavy atom. The van der Waals surface area contributed by atoms with Crippen LogP contribution in [0.15, 0.2) is 6.20 Å². The summed E-state index contributed by atoms with van der Waals surface area (Å²) in [5.41, 5.74) is 6.07. The number of rotatable bonds is 7. The van der Waals surface area contributed by atoms with Crippen LogP contribution in [-0.2, 0) is 16.9 Å². The number of nitrogens with zero attached hydrogens (tertiary/aromatic N) is 3. The van der Waals surface area contributed by atoms with Crippen molar-refractivity contribution in [3.05, 3.63) is 11.9 Å². The van der Waals surface area contributed by atoms with E-state index >= 15 is 0 Å². The zero-order chi connectivity index (χ0) is 15.3. The van der Waals surface area contributed by atoms with Crippen molar-refractivity contribution in [2.24, 2.45) is 11.7 Å². The van der Waals surface area contributed by atoms with Crippen LogP contribution in [0.3, 0.4) is 0 Å². The lowest BCUT2D eigenvalue weighted by Crippen LogP contribution is -2.35. The molecule has 0 saturated carbocycles. The molecule has 1 rings (SSSR count). The molecule has 114 valence electrons. The van der Waals surface area contributed by atoms with Gasteiger partial charge in [-0.05, 0) is 39.5 Å². The Labute approximate surface area is 121 Å². The van der Waals surface area contributed by atoms with Gasteiger partial charge in [0, 0.05) is 6.04 Å². The summed E-state index contributed by atoms with van der Waals surface area (Å²) >= 11 is 0. The Bertz CT molecular complexity index is 433. The van der Waals surface area contributed by atoms with Crippen LogP contribution in [0.2, 0.25) is 0 Å². The smallest absolute Gasteiger partial charge is 0.242 e. The van der Waals surface area contributed by atoms with E-state index in [0.717, 1.165) is 12.8 Å². The fraction of sp³-hybridized carbons (Fsp3) is 0.786. The minimum absolute atomic E-state index is 0.0486. The Kier molecular flexibility index (Phi) is 5.68. The summed E-state index contributed by atoms with van der Waals surface area (Å²) in [7, 11) is 0. The second kappa shape index (κ2) is 6.83. The highest BCUT2D eigenvalue weighted by Gasteiger charge is 2.19. The highest BCUT2D eigenvalue weighted by Crippen LogP contribution is 2.12. The molecule has 1 atom stereocenters. The van der Waals surface area contributed by atoms with Gasteiger partial charge >= 0.3 is 0 Å². The number of carbonyl (C=O) groups is 1. The van der Waals surface area contributed by atoms with Gasteiger partial charge in [0.15, 0.2) is 0 Å². The molecular formula is C14H27N5O. The predicted octanol–water partition coefficient (Wildman–Crippen LogP) is 1.41. The molecule has 1 aromatic heterocycles. The number of carbonyl (C=O) groups excluding carboxylic acids is 1. The van der Waals surface area contributed by atoms with E-state index in [4.69, 9.17) is 5.73 Å². The van der Waals surface area contributed by atoms with E-state index < -0.39 is 5.54 Å². The van der Waals surface area contributed by atoms with Gasteiger partial charge < -0.3 is 11.1 Å². The Hall–Kier alpha value is -1.43. The van der Waals surface area contributed by atoms with Crippen molar-refractivity contribution >= 4 is 5.91 Å². The minimum Gasteiger partial charge on any atom is -0.352 e. The van der Waals surface area contributed by atoms with Gasteiger partial charge in [0.25, 0.3) is 0 Å². The molecular weight excluding hydrogens is 254 g/mol. The van der Waals surface area contributed by atoms with E-state index in [1.165, 1.54) is 4.68 Å². The molecule has 0 bridgehead atoms. The summed E-state index contributed by atoms with van der Waals surface area (Å²) in [5.74, 6) is 0.603. The first-order valence-electron chi connectivity index (χ1n) is 7.17. The van der Waals surface area contributed by atoms with Crippen LogP contribution < -0.4 is 11.1 Å². The molecule has 0 aliphatic heterocycles. The second-order valence-electron chi connectivity index (χ2n) is 6.46. The molecule has 0 aliphatic rings. The fourth-order valence-electron chi connectivity index (χ4n) is 1.79. The maximum atomic E-state index is 11.9. The fourth-order valence-corrected chi connectivity index (χ4v) is 1.79. The maximum Gasteiger partial charge on any atom is 0.242 e. The number of aromatic nitrogens is 3. The summed E-state index contributed by atoms with van der Waals surface area (Å²) in [6.45, 7) is 10.3. The first-order chi connectivity index (χ1) is 9.18. The Morgan fingerprint density at radius 1 is 1.40 bits per heavy atom. The van der Waals surface area contributed by atoms with Crippen molar-refractivity contribution in [2.75, 3.05) is 0 Å². The molecule has 0 fully saturated rings. The van der Waals surface area contributed by atoms with Gasteiger partial charge in [-0.25, -0.2) is 4.68 Å². The first kappa shape index (κ1) is 16.6. The second-order valence-corrected chi connectivity index (χ2v) is 6.46. The van der Waals surface area contributed by atoms with Crippen molar-refractivity contribution in [3.63, 3.8) is 0 Å². The topological polar surface area (TPSA) is 85.8 Å². The van der Waals surface area contributed by atoms with E-state index in [1.54, 1.807) is 6.20 Å². The van der Waals surface area contributed by atoms with Crippen molar-refractivity contribution in [3.8, 4) is 0 Å². The van der Waals surface area contributed by atoms with Gasteiger partial charge in [-0.1, -0.05) is 19.1 Å². The maximum absolute atomic E-state index is 11.9. The van der Waals surface area contributed by atoms with Crippen molar-refractivity contribution < 1.29 is 4.79 Å². The molecule has 0 saturated heterocycles. The third-order valence-electron chi connectivity index (χ3n) is 3.09. The molecule has 1 aromatic rings. The standard InChI is InChI=1S/C14H27N5O/c1-10(2)6-7-11(3)16-13(20)9-19-8-12(17-18-19)14(4,5)15/h8,10-11H,6-7,9,15H2,1-5H3,(H,16,20). The molecule has 1 amide bonds. The van der Waals surface area contributed by atoms with Crippen molar-refractivity contribution in [1.82, 2.24) is 20.3 Å². The van der Waals surface area contributed by atoms with Gasteiger partial charge in [0.2, 0.25) is 5.91 Å². The third kappa shape index (κ3) is 5.69. The lowest BCUT2D eigenvalue weighted by atomic mass is 10.0. The van der Waals surface area contributed by atoms with Gasteiger partial charge in [-0.3, -0.25) is 4.79 Å². The Balaban J connectivity index is 2.44. The minimum atomic E-state index is -0.542. The Morgan fingerprint density at radius 2 is 2.05 bits per heavy atom. The molecule has 1 heterocycles. The zero-order valence-corrected chi connectivity index (χ0v) is 13.2. The van der Waals surface area contributed by atoms with Gasteiger partial charge in [-0.15, -0.1) is 5.10 Å². The highest BCUT2D eigenvalue weighted by molar-refractivity contribution is 5.75. The molecule has 6 heteroatoms. The lowest BCUT2D eigenvalue weighted by molar-refractivity contribution is -0.122. The number of hydrogen-bond donors (Lipinski definition) is 2. The molecule has 0 aromatic carbocycles. The summed E-state index contributed by atoms with van der Waals surface area (Å²) in [6, 6.07) is 0.179. The van der Waals surface area contributed by atoms with E-state index in [1.807, 2.05) is 20.8 Å². The largest absolute Gasteiger partial charge is 0.352 e. The predicted molar refractivity (Wildman–Crippen MR) is 78.9 cm³/mol. The van der Waals surface area contributed by atoms with Crippen LogP contribution in [0.1, 0.15) is 53.2 Å². The number of hydrogen-bond acceptors (Lipinski definition) is 4. The normalized spacial score (nSPS) is 13.6. The monoisotopic (exact) mass is 281 g/mol. The molecule has 1 unspecified atom stereocenters. The quantitative estimate of drug-likeness (QED) is 0.791.